The van der Waals surface area contributed by atoms with Crippen LogP contribution in [0.4, 0.5) is 0 Å². The van der Waals surface area contributed by atoms with Crippen LogP contribution in [0.2, 0.25) is 0 Å². The maximum Gasteiger partial charge on any atom is 1.00 e. The summed E-state index contributed by atoms with van der Waals surface area (Å²) in [5.41, 5.74) is 0. The van der Waals surface area contributed by atoms with Crippen LogP contribution in [0.15, 0.2) is 24.3 Å². The summed E-state index contributed by atoms with van der Waals surface area (Å²) >= 11 is 0. The molecule has 0 nitrogen and oxygen atoms in total. The molecule has 0 N–H and O–H groups in total. The molecule has 1 radical (unpaired) electrons. The molecule has 0 aromatic carbocycles. The van der Waals surface area contributed by atoms with Gasteiger partial charge >= 0.3 is 18.9 Å². The molecule has 0 heterocycles. The average Bonchev–Trinajstić information content (AvgIpc) is 1.62. The molecule has 0 aromatic heterocycles. The Kier molecular flexibility index (Phi) is 12.9. The molecule has 0 fully saturated rings. The SMILES string of the molecule is C1=CCCC=CCC1.[Li+].[Rh]. The molecule has 0 aliphatic heterocycles. The molecule has 2 heteroatoms. The van der Waals surface area contributed by atoms with Crippen LogP contribution in [0.5, 0.6) is 0 Å². The monoisotopic (exact) mass is 218 g/mol. The first-order chi connectivity index (χ1) is 4.00. The fourth-order valence-electron chi connectivity index (χ4n) is 0.856. The van der Waals surface area contributed by atoms with Crippen molar-refractivity contribution in [3.8, 4) is 0 Å². The summed E-state index contributed by atoms with van der Waals surface area (Å²) < 4.78 is 0. The van der Waals surface area contributed by atoms with E-state index < -0.39 is 0 Å². The fraction of sp³-hybridized carbons (Fsp3) is 0.500. The van der Waals surface area contributed by atoms with Crippen LogP contribution in [-0.2, 0) is 19.5 Å². The molecule has 0 amide bonds. The van der Waals surface area contributed by atoms with Gasteiger partial charge in [0.25, 0.3) is 0 Å². The van der Waals surface area contributed by atoms with Gasteiger partial charge in [0.05, 0.1) is 0 Å². The van der Waals surface area contributed by atoms with Gasteiger partial charge < -0.3 is 0 Å². The number of hydrogen-bond donors (Lipinski definition) is 0. The van der Waals surface area contributed by atoms with E-state index in [1.165, 1.54) is 25.7 Å². The summed E-state index contributed by atoms with van der Waals surface area (Å²) in [6.07, 6.45) is 14.0. The normalized spacial score (nSPS) is 16.0. The number of hydrogen-bond acceptors (Lipinski definition) is 0. The first kappa shape index (κ1) is 13.3. The van der Waals surface area contributed by atoms with E-state index in [1.807, 2.05) is 0 Å². The van der Waals surface area contributed by atoms with Gasteiger partial charge in [-0.25, -0.2) is 0 Å². The zero-order valence-electron chi connectivity index (χ0n) is 6.47. The summed E-state index contributed by atoms with van der Waals surface area (Å²) in [7, 11) is 0. The topological polar surface area (TPSA) is 0 Å². The minimum Gasteiger partial charge on any atom is -0.0882 e. The number of rotatable bonds is 0. The van der Waals surface area contributed by atoms with E-state index in [0.29, 0.717) is 0 Å². The Morgan fingerprint density at radius 1 is 0.600 bits per heavy atom. The van der Waals surface area contributed by atoms with Gasteiger partial charge in [-0.15, -0.1) is 0 Å². The van der Waals surface area contributed by atoms with E-state index in [2.05, 4.69) is 24.3 Å². The van der Waals surface area contributed by atoms with Gasteiger partial charge in [-0.1, -0.05) is 24.3 Å². The second-order valence-corrected chi connectivity index (χ2v) is 2.10. The van der Waals surface area contributed by atoms with Crippen LogP contribution < -0.4 is 18.9 Å². The van der Waals surface area contributed by atoms with Gasteiger partial charge in [-0.3, -0.25) is 0 Å². The molecule has 10 heavy (non-hydrogen) atoms. The van der Waals surface area contributed by atoms with Crippen LogP contribution in [0.25, 0.3) is 0 Å². The standard InChI is InChI=1S/C8H12.Li.Rh/c1-2-4-6-8-7-5-3-1;;/h1-2,7-8H,3-6H2;;/q;+1;. The Morgan fingerprint density at radius 3 is 1.00 bits per heavy atom. The van der Waals surface area contributed by atoms with Gasteiger partial charge in [0.1, 0.15) is 0 Å². The Balaban J connectivity index is 0. The Morgan fingerprint density at radius 2 is 0.800 bits per heavy atom. The summed E-state index contributed by atoms with van der Waals surface area (Å²) in [6, 6.07) is 0. The van der Waals surface area contributed by atoms with E-state index in [4.69, 9.17) is 0 Å². The molecule has 53 valence electrons. The van der Waals surface area contributed by atoms with Crippen LogP contribution in [0, 0.1) is 0 Å². The third-order valence-electron chi connectivity index (χ3n) is 1.33. The van der Waals surface area contributed by atoms with Gasteiger partial charge in [-0.05, 0) is 25.7 Å². The molecule has 0 unspecified atom stereocenters. The van der Waals surface area contributed by atoms with Gasteiger partial charge in [-0.2, -0.15) is 0 Å². The van der Waals surface area contributed by atoms with Crippen molar-refractivity contribution in [2.45, 2.75) is 25.7 Å². The molecule has 1 aliphatic carbocycles. The van der Waals surface area contributed by atoms with Gasteiger partial charge in [0.15, 0.2) is 0 Å². The summed E-state index contributed by atoms with van der Waals surface area (Å²) in [4.78, 5) is 0. The third-order valence-corrected chi connectivity index (χ3v) is 1.33. The van der Waals surface area contributed by atoms with E-state index in [9.17, 15) is 0 Å². The van der Waals surface area contributed by atoms with Crippen molar-refractivity contribution in [1.82, 2.24) is 0 Å². The van der Waals surface area contributed by atoms with Crippen molar-refractivity contribution in [1.29, 1.82) is 0 Å². The second kappa shape index (κ2) is 9.70. The third kappa shape index (κ3) is 6.82. The molecule has 1 rings (SSSR count). The van der Waals surface area contributed by atoms with Crippen LogP contribution >= 0.6 is 0 Å². The van der Waals surface area contributed by atoms with Gasteiger partial charge in [0.2, 0.25) is 0 Å². The maximum absolute atomic E-state index is 2.27. The van der Waals surface area contributed by atoms with E-state index in [0.717, 1.165) is 0 Å². The van der Waals surface area contributed by atoms with E-state index in [1.54, 1.807) is 0 Å². The van der Waals surface area contributed by atoms with Crippen molar-refractivity contribution < 1.29 is 38.3 Å². The Bertz CT molecular complexity index is 81.8. The van der Waals surface area contributed by atoms with Crippen molar-refractivity contribution in [3.63, 3.8) is 0 Å². The summed E-state index contributed by atoms with van der Waals surface area (Å²) in [6.45, 7) is 0. The van der Waals surface area contributed by atoms with Crippen LogP contribution in [0.3, 0.4) is 0 Å². The molecule has 1 aliphatic rings. The Labute approximate surface area is 88.1 Å². The second-order valence-electron chi connectivity index (χ2n) is 2.10. The zero-order chi connectivity index (χ0) is 5.66. The molecule has 0 aromatic rings. The fourth-order valence-corrected chi connectivity index (χ4v) is 0.856. The predicted molar refractivity (Wildman–Crippen MR) is 36.7 cm³/mol. The van der Waals surface area contributed by atoms with E-state index >= 15 is 0 Å². The maximum atomic E-state index is 2.27. The molecular formula is C8H12LiRh+. The molecule has 0 bridgehead atoms. The minimum atomic E-state index is 0. The molecule has 0 saturated carbocycles. The first-order valence-corrected chi connectivity index (χ1v) is 3.30. The van der Waals surface area contributed by atoms with Crippen LogP contribution in [0.1, 0.15) is 25.7 Å². The first-order valence-electron chi connectivity index (χ1n) is 3.30. The zero-order valence-corrected chi connectivity index (χ0v) is 8.11. The molecule has 0 spiro atoms. The molecular weight excluding hydrogens is 206 g/mol. The quantitative estimate of drug-likeness (QED) is 0.386. The molecule has 0 atom stereocenters. The van der Waals surface area contributed by atoms with Crippen molar-refractivity contribution in [3.05, 3.63) is 24.3 Å². The predicted octanol–water partition coefficient (Wildman–Crippen LogP) is -0.326. The molecule has 0 saturated heterocycles. The van der Waals surface area contributed by atoms with Crippen molar-refractivity contribution in [2.75, 3.05) is 0 Å². The average molecular weight is 218 g/mol. The minimum absolute atomic E-state index is 0. The van der Waals surface area contributed by atoms with Crippen LogP contribution in [-0.4, -0.2) is 0 Å². The van der Waals surface area contributed by atoms with Crippen molar-refractivity contribution >= 4 is 0 Å². The smallest absolute Gasteiger partial charge is 0.0882 e. The summed E-state index contributed by atoms with van der Waals surface area (Å²) in [5.74, 6) is 0. The number of allylic oxidation sites excluding steroid dienone is 4. The summed E-state index contributed by atoms with van der Waals surface area (Å²) in [5, 5.41) is 0. The van der Waals surface area contributed by atoms with Crippen molar-refractivity contribution in [2.24, 2.45) is 0 Å². The van der Waals surface area contributed by atoms with E-state index in [-0.39, 0.29) is 38.3 Å². The van der Waals surface area contributed by atoms with Gasteiger partial charge in [0, 0.05) is 19.5 Å². The Hall–Kier alpha value is 0.701. The largest absolute Gasteiger partial charge is 1.00 e.